The van der Waals surface area contributed by atoms with E-state index >= 15 is 0 Å². The van der Waals surface area contributed by atoms with Crippen LogP contribution in [0.1, 0.15) is 19.8 Å². The Hall–Kier alpha value is 0.573. The Morgan fingerprint density at radius 3 is 2.40 bits per heavy atom. The molecule has 0 spiro atoms. The van der Waals surface area contributed by atoms with Crippen molar-refractivity contribution in [2.45, 2.75) is 19.8 Å². The van der Waals surface area contributed by atoms with Gasteiger partial charge in [0.2, 0.25) is 0 Å². The second-order valence-corrected chi connectivity index (χ2v) is 1.41. The topological polar surface area (TPSA) is 26.3 Å². The Kier molecular flexibility index (Phi) is 20.7. The molecule has 0 bridgehead atoms. The number of esters is 1. The summed E-state index contributed by atoms with van der Waals surface area (Å²) in [6.07, 6.45) is 1.06. The van der Waals surface area contributed by atoms with Crippen LogP contribution in [0.4, 0.5) is 0 Å². The van der Waals surface area contributed by atoms with Gasteiger partial charge in [-0.05, 0) is 6.92 Å². The van der Waals surface area contributed by atoms with Gasteiger partial charge in [-0.15, -0.1) is 17.0 Å². The van der Waals surface area contributed by atoms with E-state index in [9.17, 15) is 4.79 Å². The van der Waals surface area contributed by atoms with Crippen LogP contribution in [-0.4, -0.2) is 12.6 Å². The van der Waals surface area contributed by atoms with Crippen LogP contribution in [0.25, 0.3) is 0 Å². The van der Waals surface area contributed by atoms with E-state index in [2.05, 4.69) is 11.7 Å². The number of hydrogen-bond acceptors (Lipinski definition) is 2. The van der Waals surface area contributed by atoms with Crippen molar-refractivity contribution in [2.75, 3.05) is 6.61 Å². The third-order valence-electron chi connectivity index (χ3n) is 0.686. The molecule has 0 atom stereocenters. The first-order valence-corrected chi connectivity index (χ1v) is 2.76. The van der Waals surface area contributed by atoms with Crippen LogP contribution in [0.15, 0.2) is 0 Å². The molecule has 0 heterocycles. The van der Waals surface area contributed by atoms with Crippen molar-refractivity contribution in [1.82, 2.24) is 0 Å². The third-order valence-corrected chi connectivity index (χ3v) is 0.686. The zero-order chi connectivity index (χ0) is 6.41. The number of carbonyl (C=O) groups is 1. The van der Waals surface area contributed by atoms with Gasteiger partial charge in [0.05, 0.1) is 6.61 Å². The molecule has 0 rings (SSSR count). The predicted molar refractivity (Wildman–Crippen MR) is 41.5 cm³/mol. The molecule has 0 amide bonds. The van der Waals surface area contributed by atoms with Crippen LogP contribution in [0.3, 0.4) is 0 Å². The van der Waals surface area contributed by atoms with Gasteiger partial charge in [0.1, 0.15) is 0 Å². The van der Waals surface area contributed by atoms with E-state index in [1.54, 1.807) is 6.92 Å². The van der Waals surface area contributed by atoms with Crippen molar-refractivity contribution in [3.05, 3.63) is 6.92 Å². The predicted octanol–water partition coefficient (Wildman–Crippen LogP) is 1.74. The number of carbonyl (C=O) groups excluding carboxylic acids is 1. The quantitative estimate of drug-likeness (QED) is 0.439. The SMILES string of the molecule is Br.[CH2-]CCC(=O)OCC.[Zn]. The summed E-state index contributed by atoms with van der Waals surface area (Å²) in [7, 11) is 0. The van der Waals surface area contributed by atoms with E-state index in [-0.39, 0.29) is 42.4 Å². The van der Waals surface area contributed by atoms with Crippen molar-refractivity contribution in [2.24, 2.45) is 0 Å². The molecule has 4 heteroatoms. The first-order valence-electron chi connectivity index (χ1n) is 2.76. The van der Waals surface area contributed by atoms with E-state index < -0.39 is 0 Å². The molecule has 0 aromatic heterocycles. The fourth-order valence-electron chi connectivity index (χ4n) is 0.377. The van der Waals surface area contributed by atoms with Gasteiger partial charge in [-0.25, -0.2) is 0 Å². The van der Waals surface area contributed by atoms with E-state index in [1.165, 1.54) is 0 Å². The van der Waals surface area contributed by atoms with Gasteiger partial charge >= 0.3 is 5.97 Å². The first-order chi connectivity index (χ1) is 3.81. The first kappa shape index (κ1) is 16.9. The standard InChI is InChI=1S/C6H11O2.BrH.Zn/c1-3-5-6(7)8-4-2;;/h1,3-5H2,2H3;1H;/q-1;;. The maximum absolute atomic E-state index is 10.4. The Labute approximate surface area is 85.2 Å². The van der Waals surface area contributed by atoms with Crippen molar-refractivity contribution < 1.29 is 29.0 Å². The Bertz CT molecular complexity index is 70.1. The second kappa shape index (κ2) is 12.3. The fraction of sp³-hybridized carbons (Fsp3) is 0.667. The third kappa shape index (κ3) is 11.4. The minimum atomic E-state index is -0.150. The van der Waals surface area contributed by atoms with Gasteiger partial charge in [-0.3, -0.25) is 4.79 Å². The molecule has 2 nitrogen and oxygen atoms in total. The number of rotatable bonds is 3. The van der Waals surface area contributed by atoms with Crippen molar-refractivity contribution in [3.8, 4) is 0 Å². The molecule has 58 valence electrons. The fourth-order valence-corrected chi connectivity index (χ4v) is 0.377. The Morgan fingerprint density at radius 2 is 2.10 bits per heavy atom. The van der Waals surface area contributed by atoms with Gasteiger partial charge in [0.25, 0.3) is 0 Å². The molecule has 0 aromatic rings. The molecule has 0 N–H and O–H groups in total. The molecule has 0 aliphatic rings. The summed E-state index contributed by atoms with van der Waals surface area (Å²) < 4.78 is 4.60. The van der Waals surface area contributed by atoms with Crippen LogP contribution in [0, 0.1) is 6.92 Å². The molecule has 0 aliphatic heterocycles. The summed E-state index contributed by atoms with van der Waals surface area (Å²) in [5.74, 6) is -0.150. The Balaban J connectivity index is -0.000000245. The molecule has 0 radical (unpaired) electrons. The average Bonchev–Trinajstić information content (AvgIpc) is 1.68. The van der Waals surface area contributed by atoms with Gasteiger partial charge in [0.15, 0.2) is 0 Å². The smallest absolute Gasteiger partial charge is 0.303 e. The number of halogens is 1. The summed E-state index contributed by atoms with van der Waals surface area (Å²) in [5.41, 5.74) is 0. The van der Waals surface area contributed by atoms with Crippen molar-refractivity contribution in [1.29, 1.82) is 0 Å². The summed E-state index contributed by atoms with van der Waals surface area (Å²) in [5, 5.41) is 0. The van der Waals surface area contributed by atoms with Crippen LogP contribution in [-0.2, 0) is 29.0 Å². The molecule has 0 unspecified atom stereocenters. The summed E-state index contributed by atoms with van der Waals surface area (Å²) in [4.78, 5) is 10.4. The molecule has 0 saturated heterocycles. The molecule has 10 heavy (non-hydrogen) atoms. The Morgan fingerprint density at radius 1 is 1.60 bits per heavy atom. The molecule has 0 fully saturated rings. The number of hydrogen-bond donors (Lipinski definition) is 0. The maximum atomic E-state index is 10.4. The minimum Gasteiger partial charge on any atom is -0.466 e. The van der Waals surface area contributed by atoms with E-state index in [1.807, 2.05) is 0 Å². The normalized spacial score (nSPS) is 7.00. The van der Waals surface area contributed by atoms with Gasteiger partial charge < -0.3 is 11.7 Å². The van der Waals surface area contributed by atoms with E-state index in [0.717, 1.165) is 0 Å². The summed E-state index contributed by atoms with van der Waals surface area (Å²) in [6.45, 7) is 5.77. The summed E-state index contributed by atoms with van der Waals surface area (Å²) >= 11 is 0. The van der Waals surface area contributed by atoms with Gasteiger partial charge in [-0.1, -0.05) is 0 Å². The largest absolute Gasteiger partial charge is 0.466 e. The summed E-state index contributed by atoms with van der Waals surface area (Å²) in [6, 6.07) is 0. The maximum Gasteiger partial charge on any atom is 0.303 e. The molecule has 0 saturated carbocycles. The van der Waals surface area contributed by atoms with Crippen LogP contribution >= 0.6 is 17.0 Å². The average molecular weight is 261 g/mol. The van der Waals surface area contributed by atoms with Crippen LogP contribution < -0.4 is 0 Å². The molecule has 0 aromatic carbocycles. The zero-order valence-corrected chi connectivity index (χ0v) is 10.9. The van der Waals surface area contributed by atoms with Gasteiger partial charge in [0, 0.05) is 25.9 Å². The zero-order valence-electron chi connectivity index (χ0n) is 6.26. The van der Waals surface area contributed by atoms with Crippen LogP contribution in [0.2, 0.25) is 0 Å². The van der Waals surface area contributed by atoms with E-state index in [0.29, 0.717) is 19.4 Å². The minimum absolute atomic E-state index is 0. The second-order valence-electron chi connectivity index (χ2n) is 1.41. The van der Waals surface area contributed by atoms with Crippen molar-refractivity contribution >= 4 is 23.0 Å². The number of ether oxygens (including phenoxy) is 1. The molecular weight excluding hydrogens is 249 g/mol. The van der Waals surface area contributed by atoms with Gasteiger partial charge in [-0.2, -0.15) is 6.42 Å². The molecule has 0 aliphatic carbocycles. The van der Waals surface area contributed by atoms with Crippen molar-refractivity contribution in [3.63, 3.8) is 0 Å². The molecular formula is C6H12BrO2Zn-. The van der Waals surface area contributed by atoms with E-state index in [4.69, 9.17) is 0 Å². The monoisotopic (exact) mass is 259 g/mol. The van der Waals surface area contributed by atoms with Crippen LogP contribution in [0.5, 0.6) is 0 Å².